The molecule has 0 aliphatic carbocycles. The second-order valence-electron chi connectivity index (χ2n) is 12.8. The Kier molecular flexibility index (Phi) is 21.1. The van der Waals surface area contributed by atoms with Gasteiger partial charge in [0.2, 0.25) is 0 Å². The predicted molar refractivity (Wildman–Crippen MR) is 242 cm³/mol. The number of hydrogen-bond acceptors (Lipinski definition) is 4. The van der Waals surface area contributed by atoms with Crippen molar-refractivity contribution in [3.63, 3.8) is 0 Å². The van der Waals surface area contributed by atoms with Crippen LogP contribution in [0, 0.1) is 14.9 Å². The third-order valence-corrected chi connectivity index (χ3v) is 9.21. The fourth-order valence-corrected chi connectivity index (χ4v) is 6.65. The summed E-state index contributed by atoms with van der Waals surface area (Å²) in [5.41, 5.74) is 11.5. The standard InChI is InChI=1S/2C23H21N2.2CH3.2ClH.Si.Zr/c2*1-2-3-8-17-13-18-15-19(22-9-4-6-11-24-22)16-21(20(18)14-17)23-10-5-7-12-25-23;;;;;;/h2*4-7,9-16H,2-3,8H2,1H3;2*1H3;2*1H;;/q4*-1;;;;. The quantitative estimate of drug-likeness (QED) is 0.101. The molecule has 8 aromatic rings. The maximum absolute atomic E-state index is 4.58. The number of unbranched alkanes of at least 4 members (excludes halogenated alkanes) is 2. The second kappa shape index (κ2) is 24.5. The molecule has 0 unspecified atom stereocenters. The molecule has 0 amide bonds. The molecule has 0 aliphatic rings. The summed E-state index contributed by atoms with van der Waals surface area (Å²) >= 11 is 1.36. The number of benzene rings is 2. The van der Waals surface area contributed by atoms with Gasteiger partial charge in [0.15, 0.2) is 0 Å². The van der Waals surface area contributed by atoms with Gasteiger partial charge in [-0.05, 0) is 83.6 Å². The van der Waals surface area contributed by atoms with Crippen LogP contribution in [0.2, 0.25) is 0 Å². The van der Waals surface area contributed by atoms with Crippen molar-refractivity contribution in [2.45, 2.75) is 52.4 Å². The summed E-state index contributed by atoms with van der Waals surface area (Å²) in [5.74, 6) is 0. The molecule has 0 aliphatic heterocycles. The molecule has 56 heavy (non-hydrogen) atoms. The van der Waals surface area contributed by atoms with Crippen LogP contribution < -0.4 is 0 Å². The molecule has 2 radical (unpaired) electrons. The molecular weight excluding hydrogens is 823 g/mol. The maximum atomic E-state index is 4.58. The molecule has 0 saturated carbocycles. The molecule has 288 valence electrons. The van der Waals surface area contributed by atoms with Gasteiger partial charge in [0.05, 0.1) is 22.8 Å². The van der Waals surface area contributed by atoms with Gasteiger partial charge in [-0.1, -0.05) is 75.9 Å². The van der Waals surface area contributed by atoms with E-state index in [0.29, 0.717) is 0 Å². The second-order valence-corrected chi connectivity index (χ2v) is 12.8. The third-order valence-electron chi connectivity index (χ3n) is 9.21. The Balaban J connectivity index is 0.000000347. The summed E-state index contributed by atoms with van der Waals surface area (Å²) in [6.07, 6.45) is 14.5. The first-order chi connectivity index (χ1) is 25.7. The van der Waals surface area contributed by atoms with E-state index in [0.717, 1.165) is 46.7 Å². The molecule has 0 fully saturated rings. The number of halogens is 2. The van der Waals surface area contributed by atoms with Gasteiger partial charge in [0, 0.05) is 24.8 Å². The molecule has 4 nitrogen and oxygen atoms in total. The van der Waals surface area contributed by atoms with Crippen molar-refractivity contribution in [2.24, 2.45) is 0 Å². The third kappa shape index (κ3) is 12.0. The predicted octanol–water partition coefficient (Wildman–Crippen LogP) is 13.4. The zero-order valence-electron chi connectivity index (χ0n) is 32.7. The Morgan fingerprint density at radius 2 is 0.821 bits per heavy atom. The van der Waals surface area contributed by atoms with Crippen LogP contribution in [-0.2, 0) is 36.2 Å². The van der Waals surface area contributed by atoms with Crippen molar-refractivity contribution in [1.82, 2.24) is 19.9 Å². The van der Waals surface area contributed by atoms with Gasteiger partial charge in [-0.3, -0.25) is 19.9 Å². The van der Waals surface area contributed by atoms with E-state index in [2.05, 4.69) is 113 Å². The van der Waals surface area contributed by atoms with Crippen LogP contribution in [0.1, 0.15) is 50.7 Å². The first-order valence-electron chi connectivity index (χ1n) is 18.1. The summed E-state index contributed by atoms with van der Waals surface area (Å²) in [4.78, 5) is 18.2. The molecule has 8 heteroatoms. The van der Waals surface area contributed by atoms with Crippen molar-refractivity contribution in [3.8, 4) is 45.0 Å². The van der Waals surface area contributed by atoms with Gasteiger partial charge in [0.25, 0.3) is 0 Å². The number of rotatable bonds is 10. The topological polar surface area (TPSA) is 51.6 Å². The van der Waals surface area contributed by atoms with E-state index in [4.69, 9.17) is 0 Å². The summed E-state index contributed by atoms with van der Waals surface area (Å²) in [6.45, 7) is 7.54. The Hall–Kier alpha value is -4.06. The van der Waals surface area contributed by atoms with Crippen molar-refractivity contribution in [1.29, 1.82) is 0 Å². The van der Waals surface area contributed by atoms with E-state index in [1.807, 2.05) is 73.3 Å². The Labute approximate surface area is 363 Å². The fourth-order valence-electron chi connectivity index (χ4n) is 6.65. The van der Waals surface area contributed by atoms with Crippen molar-refractivity contribution < 1.29 is 23.3 Å². The molecule has 0 spiro atoms. The average Bonchev–Trinajstić information content (AvgIpc) is 3.84. The molecule has 0 atom stereocenters. The Bertz CT molecular complexity index is 2150. The first kappa shape index (κ1) is 48.1. The van der Waals surface area contributed by atoms with E-state index in [1.165, 1.54) is 92.8 Å². The van der Waals surface area contributed by atoms with Crippen LogP contribution in [-0.4, -0.2) is 26.8 Å². The first-order valence-corrected chi connectivity index (χ1v) is 22.3. The Morgan fingerprint density at radius 1 is 0.482 bits per heavy atom. The molecule has 8 rings (SSSR count). The molecule has 4 aromatic carbocycles. The van der Waals surface area contributed by atoms with Crippen molar-refractivity contribution >= 4 is 53.2 Å². The number of nitrogens with zero attached hydrogens (tertiary/aromatic N) is 4. The number of aryl methyl sites for hydroxylation is 2. The van der Waals surface area contributed by atoms with Gasteiger partial charge in [-0.15, -0.1) is 81.8 Å². The van der Waals surface area contributed by atoms with Crippen LogP contribution in [0.3, 0.4) is 0 Å². The zero-order valence-corrected chi connectivity index (χ0v) is 37.8. The van der Waals surface area contributed by atoms with Crippen LogP contribution >= 0.6 is 24.8 Å². The number of fused-ring (bicyclic) bond motifs is 2. The van der Waals surface area contributed by atoms with Crippen molar-refractivity contribution in [3.05, 3.63) is 172 Å². The van der Waals surface area contributed by atoms with Crippen LogP contribution in [0.4, 0.5) is 0 Å². The van der Waals surface area contributed by atoms with Crippen molar-refractivity contribution in [2.75, 3.05) is 0 Å². The van der Waals surface area contributed by atoms with Gasteiger partial charge in [0.1, 0.15) is 0 Å². The van der Waals surface area contributed by atoms with Gasteiger partial charge >= 0.3 is 30.2 Å². The van der Waals surface area contributed by atoms with E-state index in [9.17, 15) is 0 Å². The molecule has 0 N–H and O–H groups in total. The van der Waals surface area contributed by atoms with E-state index in [-0.39, 0.29) is 39.7 Å². The zero-order chi connectivity index (χ0) is 36.1. The van der Waals surface area contributed by atoms with Crippen LogP contribution in [0.15, 0.2) is 146 Å². The van der Waals surface area contributed by atoms with E-state index in [1.54, 1.807) is 0 Å². The summed E-state index contributed by atoms with van der Waals surface area (Å²) in [6, 6.07) is 42.5. The molecule has 4 heterocycles. The van der Waals surface area contributed by atoms with E-state index >= 15 is 0 Å². The van der Waals surface area contributed by atoms with Gasteiger partial charge < -0.3 is 14.9 Å². The molecule has 4 aromatic heterocycles. The minimum absolute atomic E-state index is 0. The van der Waals surface area contributed by atoms with Crippen LogP contribution in [0.5, 0.6) is 0 Å². The fraction of sp³-hybridized carbons (Fsp3) is 0.167. The SMILES string of the molecule is CCCCc1cc2c(-c3ccccn3)cc(-c3ccccn3)cc2[cH-]1.CCCCc1cc2c(-c3ccccn3)cc(-c3ccccn3)cc2[cH-]1.Cl.Cl.[CH3-].[CH3-].[Si]=[Zr]. The normalized spacial score (nSPS) is 9.95. The molecule has 0 bridgehead atoms. The van der Waals surface area contributed by atoms with Gasteiger partial charge in [-0.2, -0.15) is 12.1 Å². The number of pyridine rings is 4. The van der Waals surface area contributed by atoms with E-state index < -0.39 is 0 Å². The minimum atomic E-state index is 0. The summed E-state index contributed by atoms with van der Waals surface area (Å²) < 4.78 is 0. The summed E-state index contributed by atoms with van der Waals surface area (Å²) in [7, 11) is 0. The van der Waals surface area contributed by atoms with Crippen LogP contribution in [0.25, 0.3) is 66.6 Å². The monoisotopic (exact) mass is 870 g/mol. The molecule has 0 saturated heterocycles. The van der Waals surface area contributed by atoms with Gasteiger partial charge in [-0.25, -0.2) is 0 Å². The Morgan fingerprint density at radius 3 is 1.12 bits per heavy atom. The number of hydrogen-bond donors (Lipinski definition) is 0. The average molecular weight is 873 g/mol. The number of aromatic nitrogens is 4. The summed E-state index contributed by atoms with van der Waals surface area (Å²) in [5, 5.41) is 5.11. The molecular formula is C48H50Cl2N4SiZr-4.